The van der Waals surface area contributed by atoms with E-state index in [9.17, 15) is 18.0 Å². The number of nitrogens with zero attached hydrogens (tertiary/aromatic N) is 3. The van der Waals surface area contributed by atoms with Gasteiger partial charge in [-0.3, -0.25) is 14.6 Å². The number of rotatable bonds is 10. The number of ketones is 1. The predicted octanol–water partition coefficient (Wildman–Crippen LogP) is 1.79. The van der Waals surface area contributed by atoms with E-state index in [1.807, 2.05) is 6.07 Å². The number of sulfonamides is 1. The molecule has 1 aromatic carbocycles. The van der Waals surface area contributed by atoms with Gasteiger partial charge in [0.15, 0.2) is 5.78 Å². The molecular weight excluding hydrogens is 424 g/mol. The van der Waals surface area contributed by atoms with Gasteiger partial charge >= 0.3 is 5.97 Å². The van der Waals surface area contributed by atoms with Crippen LogP contribution in [0.5, 0.6) is 0 Å². The number of esters is 1. The lowest BCUT2D eigenvalue weighted by Gasteiger charge is -2.07. The molecule has 0 aliphatic rings. The number of ether oxygens (including phenoxy) is 1. The van der Waals surface area contributed by atoms with E-state index >= 15 is 0 Å². The van der Waals surface area contributed by atoms with Crippen molar-refractivity contribution in [3.63, 3.8) is 0 Å². The van der Waals surface area contributed by atoms with Crippen molar-refractivity contribution in [3.05, 3.63) is 60.2 Å². The Morgan fingerprint density at radius 2 is 1.94 bits per heavy atom. The highest BCUT2D eigenvalue weighted by molar-refractivity contribution is 7.89. The topological polar surface area (TPSA) is 141 Å². The maximum atomic E-state index is 12.2. The van der Waals surface area contributed by atoms with Crippen LogP contribution in [-0.4, -0.2) is 48.4 Å². The van der Waals surface area contributed by atoms with Crippen molar-refractivity contribution in [1.82, 2.24) is 19.8 Å². The van der Waals surface area contributed by atoms with Crippen molar-refractivity contribution >= 4 is 21.8 Å². The molecule has 0 spiro atoms. The molecule has 162 valence electrons. The normalized spacial score (nSPS) is 11.3. The minimum Gasteiger partial charge on any atom is -0.465 e. The number of aryl methyl sites for hydroxylation is 1. The fourth-order valence-electron chi connectivity index (χ4n) is 2.54. The van der Waals surface area contributed by atoms with Crippen LogP contribution < -0.4 is 4.72 Å². The zero-order valence-electron chi connectivity index (χ0n) is 16.6. The van der Waals surface area contributed by atoms with Gasteiger partial charge in [-0.05, 0) is 37.6 Å². The van der Waals surface area contributed by atoms with E-state index in [1.165, 1.54) is 31.2 Å². The van der Waals surface area contributed by atoms with Crippen LogP contribution in [0.15, 0.2) is 58.2 Å². The van der Waals surface area contributed by atoms with Crippen molar-refractivity contribution in [3.8, 4) is 11.4 Å². The Kier molecular flexibility index (Phi) is 7.21. The van der Waals surface area contributed by atoms with Crippen LogP contribution in [0.1, 0.15) is 29.6 Å². The van der Waals surface area contributed by atoms with E-state index < -0.39 is 22.5 Å². The molecule has 0 aliphatic carbocycles. The third-order valence-corrected chi connectivity index (χ3v) is 5.58. The highest BCUT2D eigenvalue weighted by Crippen LogP contribution is 2.14. The fourth-order valence-corrected chi connectivity index (χ4v) is 3.50. The number of hydrogen-bond acceptors (Lipinski definition) is 9. The van der Waals surface area contributed by atoms with E-state index in [0.29, 0.717) is 30.1 Å². The molecule has 3 aromatic rings. The van der Waals surface area contributed by atoms with Gasteiger partial charge in [-0.15, -0.1) is 0 Å². The highest BCUT2D eigenvalue weighted by atomic mass is 32.2. The molecule has 0 atom stereocenters. The van der Waals surface area contributed by atoms with Crippen molar-refractivity contribution in [2.45, 2.75) is 24.7 Å². The van der Waals surface area contributed by atoms with Crippen LogP contribution in [0, 0.1) is 0 Å². The van der Waals surface area contributed by atoms with Gasteiger partial charge in [-0.1, -0.05) is 17.3 Å². The Bertz CT molecular complexity index is 1140. The maximum absolute atomic E-state index is 12.2. The average Bonchev–Trinajstić information content (AvgIpc) is 3.25. The van der Waals surface area contributed by atoms with Gasteiger partial charge < -0.3 is 9.26 Å². The zero-order chi connectivity index (χ0) is 22.3. The summed E-state index contributed by atoms with van der Waals surface area (Å²) in [6.07, 6.45) is 4.09. The van der Waals surface area contributed by atoms with Crippen molar-refractivity contribution in [1.29, 1.82) is 0 Å². The molecule has 3 rings (SSSR count). The summed E-state index contributed by atoms with van der Waals surface area (Å²) in [7, 11) is -3.90. The number of Topliss-reactive ketones (excluding diaryl/α,β-unsaturated/α-hetero) is 1. The summed E-state index contributed by atoms with van der Waals surface area (Å²) in [6, 6.07) is 8.99. The maximum Gasteiger partial charge on any atom is 0.321 e. The molecule has 0 fully saturated rings. The molecule has 0 amide bonds. The van der Waals surface area contributed by atoms with Gasteiger partial charge in [0.05, 0.1) is 11.5 Å². The summed E-state index contributed by atoms with van der Waals surface area (Å²) in [5.41, 5.74) is 1.12. The van der Waals surface area contributed by atoms with Gasteiger partial charge in [0.2, 0.25) is 21.7 Å². The number of benzene rings is 1. The first-order valence-corrected chi connectivity index (χ1v) is 10.8. The second-order valence-electron chi connectivity index (χ2n) is 6.48. The van der Waals surface area contributed by atoms with E-state index in [0.717, 1.165) is 5.56 Å². The van der Waals surface area contributed by atoms with Gasteiger partial charge in [0.25, 0.3) is 0 Å². The summed E-state index contributed by atoms with van der Waals surface area (Å²) in [6.45, 7) is 0.941. The van der Waals surface area contributed by atoms with Crippen LogP contribution >= 0.6 is 0 Å². The number of nitrogens with one attached hydrogen (secondary N) is 1. The third-order valence-electron chi connectivity index (χ3n) is 4.16. The van der Waals surface area contributed by atoms with Crippen molar-refractivity contribution in [2.24, 2.45) is 0 Å². The first-order chi connectivity index (χ1) is 14.8. The Morgan fingerprint density at radius 3 is 2.61 bits per heavy atom. The average molecular weight is 444 g/mol. The van der Waals surface area contributed by atoms with Crippen molar-refractivity contribution in [2.75, 3.05) is 13.2 Å². The summed E-state index contributed by atoms with van der Waals surface area (Å²) in [5, 5.41) is 3.87. The van der Waals surface area contributed by atoms with Gasteiger partial charge in [-0.25, -0.2) is 8.42 Å². The van der Waals surface area contributed by atoms with E-state index in [-0.39, 0.29) is 17.3 Å². The lowest BCUT2D eigenvalue weighted by atomic mass is 10.2. The number of pyridine rings is 1. The molecule has 1 N–H and O–H groups in total. The molecular formula is C20H20N4O6S. The summed E-state index contributed by atoms with van der Waals surface area (Å²) >= 11 is 0. The largest absolute Gasteiger partial charge is 0.465 e. The smallest absolute Gasteiger partial charge is 0.321 e. The molecule has 0 unspecified atom stereocenters. The number of carbonyl (C=O) groups excluding carboxylic acids is 2. The standard InChI is InChI=1S/C20H20N4O6S/c1-14(25)15-6-8-17(9-7-15)31(27,28)22-13-19(26)29-11-3-5-18-23-20(24-30-18)16-4-2-10-21-12-16/h2,4,6-10,12,22H,3,5,11,13H2,1H3. The van der Waals surface area contributed by atoms with Crippen LogP contribution in [-0.2, 0) is 26.0 Å². The fraction of sp³-hybridized carbons (Fsp3) is 0.250. The second-order valence-corrected chi connectivity index (χ2v) is 8.25. The quantitative estimate of drug-likeness (QED) is 0.281. The number of aromatic nitrogens is 3. The Labute approximate surface area is 178 Å². The van der Waals surface area contributed by atoms with Crippen LogP contribution in [0.2, 0.25) is 0 Å². The molecule has 0 radical (unpaired) electrons. The first-order valence-electron chi connectivity index (χ1n) is 9.34. The third kappa shape index (κ3) is 6.27. The van der Waals surface area contributed by atoms with E-state index in [4.69, 9.17) is 9.26 Å². The molecule has 0 bridgehead atoms. The molecule has 10 nitrogen and oxygen atoms in total. The molecule has 2 heterocycles. The molecule has 2 aromatic heterocycles. The highest BCUT2D eigenvalue weighted by Gasteiger charge is 2.16. The Morgan fingerprint density at radius 1 is 1.16 bits per heavy atom. The van der Waals surface area contributed by atoms with E-state index in [1.54, 1.807) is 18.5 Å². The molecule has 11 heteroatoms. The zero-order valence-corrected chi connectivity index (χ0v) is 17.5. The monoisotopic (exact) mass is 444 g/mol. The second kappa shape index (κ2) is 10.0. The number of hydrogen-bond donors (Lipinski definition) is 1. The lowest BCUT2D eigenvalue weighted by Crippen LogP contribution is -2.31. The minimum atomic E-state index is -3.90. The van der Waals surface area contributed by atoms with E-state index in [2.05, 4.69) is 19.8 Å². The molecule has 0 aliphatic heterocycles. The SMILES string of the molecule is CC(=O)c1ccc(S(=O)(=O)NCC(=O)OCCCc2nc(-c3cccnc3)no2)cc1. The number of carbonyl (C=O) groups is 2. The van der Waals surface area contributed by atoms with Gasteiger partial charge in [0, 0.05) is 29.9 Å². The van der Waals surface area contributed by atoms with Crippen LogP contribution in [0.25, 0.3) is 11.4 Å². The minimum absolute atomic E-state index is 0.0499. The Hall–Kier alpha value is -3.44. The van der Waals surface area contributed by atoms with Crippen molar-refractivity contribution < 1.29 is 27.3 Å². The molecule has 31 heavy (non-hydrogen) atoms. The molecule has 0 saturated carbocycles. The summed E-state index contributed by atoms with van der Waals surface area (Å²) < 4.78 is 36.8. The molecule has 0 saturated heterocycles. The summed E-state index contributed by atoms with van der Waals surface area (Å²) in [4.78, 5) is 31.3. The predicted molar refractivity (Wildman–Crippen MR) is 108 cm³/mol. The van der Waals surface area contributed by atoms with Crippen LogP contribution in [0.4, 0.5) is 0 Å². The van der Waals surface area contributed by atoms with Gasteiger partial charge in [-0.2, -0.15) is 9.71 Å². The first kappa shape index (κ1) is 22.2. The summed E-state index contributed by atoms with van der Waals surface area (Å²) in [5.74, 6) is -0.0738. The van der Waals surface area contributed by atoms with Crippen LogP contribution in [0.3, 0.4) is 0 Å². The van der Waals surface area contributed by atoms with Gasteiger partial charge in [0.1, 0.15) is 6.54 Å². The lowest BCUT2D eigenvalue weighted by molar-refractivity contribution is -0.142. The Balaban J connectivity index is 1.40.